The summed E-state index contributed by atoms with van der Waals surface area (Å²) in [6.07, 6.45) is 4.78. The Morgan fingerprint density at radius 1 is 1.32 bits per heavy atom. The van der Waals surface area contributed by atoms with Gasteiger partial charge in [-0.2, -0.15) is 0 Å². The summed E-state index contributed by atoms with van der Waals surface area (Å²) in [7, 11) is 0. The molecule has 3 rings (SSSR count). The highest BCUT2D eigenvalue weighted by Gasteiger charge is 2.36. The summed E-state index contributed by atoms with van der Waals surface area (Å²) in [5.41, 5.74) is 0.663. The van der Waals surface area contributed by atoms with Gasteiger partial charge in [-0.1, -0.05) is 0 Å². The first kappa shape index (κ1) is 11.6. The minimum atomic E-state index is -0.904. The number of anilines is 1. The van der Waals surface area contributed by atoms with Crippen molar-refractivity contribution in [2.45, 2.75) is 19.4 Å². The lowest BCUT2D eigenvalue weighted by Crippen LogP contribution is -2.45. The van der Waals surface area contributed by atoms with Gasteiger partial charge in [0.05, 0.1) is 5.69 Å². The van der Waals surface area contributed by atoms with Crippen molar-refractivity contribution in [3.63, 3.8) is 0 Å². The lowest BCUT2D eigenvalue weighted by Gasteiger charge is -2.30. The van der Waals surface area contributed by atoms with E-state index >= 15 is 0 Å². The monoisotopic (exact) mass is 256 g/mol. The van der Waals surface area contributed by atoms with E-state index in [4.69, 9.17) is 4.74 Å². The van der Waals surface area contributed by atoms with Gasteiger partial charge in [0.2, 0.25) is 0 Å². The van der Waals surface area contributed by atoms with Crippen LogP contribution in [0.5, 0.6) is 5.75 Å². The molecule has 0 unspecified atom stereocenters. The summed E-state index contributed by atoms with van der Waals surface area (Å²) in [6, 6.07) is 3.60. The molecule has 0 radical (unpaired) electrons. The lowest BCUT2D eigenvalue weighted by atomic mass is 10.1. The van der Waals surface area contributed by atoms with Gasteiger partial charge in [-0.05, 0) is 26.0 Å². The number of ether oxygens (including phenoxy) is 1. The number of carbonyl (C=O) groups is 1. The minimum absolute atomic E-state index is 0.206. The van der Waals surface area contributed by atoms with E-state index < -0.39 is 5.60 Å². The fourth-order valence-electron chi connectivity index (χ4n) is 1.80. The maximum absolute atomic E-state index is 11.7. The van der Waals surface area contributed by atoms with Crippen molar-refractivity contribution in [3.8, 4) is 17.0 Å². The number of rotatable bonds is 1. The third-order valence-corrected chi connectivity index (χ3v) is 2.87. The molecular weight excluding hydrogens is 244 g/mol. The second-order valence-electron chi connectivity index (χ2n) is 4.73. The second-order valence-corrected chi connectivity index (χ2v) is 4.73. The molecule has 96 valence electrons. The molecule has 1 aliphatic rings. The zero-order valence-corrected chi connectivity index (χ0v) is 10.5. The molecule has 0 atom stereocenters. The zero-order valence-electron chi connectivity index (χ0n) is 10.5. The predicted molar refractivity (Wildman–Crippen MR) is 68.6 cm³/mol. The third kappa shape index (κ3) is 2.01. The van der Waals surface area contributed by atoms with E-state index in [1.165, 1.54) is 6.33 Å². The van der Waals surface area contributed by atoms with Crippen molar-refractivity contribution in [1.29, 1.82) is 0 Å². The Bertz CT molecular complexity index is 640. The van der Waals surface area contributed by atoms with Gasteiger partial charge in [0.1, 0.15) is 6.33 Å². The van der Waals surface area contributed by atoms with Crippen LogP contribution in [0.1, 0.15) is 13.8 Å². The average Bonchev–Trinajstić information content (AvgIpc) is 2.40. The van der Waals surface area contributed by atoms with Crippen LogP contribution >= 0.6 is 0 Å². The van der Waals surface area contributed by atoms with Crippen LogP contribution in [-0.4, -0.2) is 26.5 Å². The van der Waals surface area contributed by atoms with Crippen LogP contribution in [0.4, 0.5) is 5.82 Å². The lowest BCUT2D eigenvalue weighted by molar-refractivity contribution is -0.129. The molecule has 2 aromatic rings. The van der Waals surface area contributed by atoms with Gasteiger partial charge in [0.15, 0.2) is 17.2 Å². The van der Waals surface area contributed by atoms with Crippen molar-refractivity contribution < 1.29 is 9.53 Å². The van der Waals surface area contributed by atoms with Gasteiger partial charge < -0.3 is 10.1 Å². The number of hydrogen-bond donors (Lipinski definition) is 1. The van der Waals surface area contributed by atoms with Crippen LogP contribution < -0.4 is 10.1 Å². The van der Waals surface area contributed by atoms with E-state index in [9.17, 15) is 4.79 Å². The third-order valence-electron chi connectivity index (χ3n) is 2.87. The maximum atomic E-state index is 11.7. The fourth-order valence-corrected chi connectivity index (χ4v) is 1.80. The van der Waals surface area contributed by atoms with Gasteiger partial charge in [0.25, 0.3) is 5.91 Å². The first-order chi connectivity index (χ1) is 9.06. The van der Waals surface area contributed by atoms with E-state index in [0.29, 0.717) is 11.6 Å². The molecule has 2 aromatic heterocycles. The summed E-state index contributed by atoms with van der Waals surface area (Å²) >= 11 is 0. The van der Waals surface area contributed by atoms with Gasteiger partial charge in [-0.3, -0.25) is 4.79 Å². The number of pyridine rings is 1. The summed E-state index contributed by atoms with van der Waals surface area (Å²) in [6.45, 7) is 3.42. The summed E-state index contributed by atoms with van der Waals surface area (Å²) in [5, 5.41) is 2.72. The largest absolute Gasteiger partial charge is 0.474 e. The normalized spacial score (nSPS) is 16.2. The minimum Gasteiger partial charge on any atom is -0.474 e. The molecule has 0 fully saturated rings. The van der Waals surface area contributed by atoms with Crippen molar-refractivity contribution in [2.75, 3.05) is 5.32 Å². The van der Waals surface area contributed by atoms with Crippen LogP contribution in [0.15, 0.2) is 30.9 Å². The second kappa shape index (κ2) is 4.01. The number of aromatic nitrogens is 3. The highest BCUT2D eigenvalue weighted by Crippen LogP contribution is 2.34. The van der Waals surface area contributed by atoms with E-state index in [-0.39, 0.29) is 5.91 Å². The van der Waals surface area contributed by atoms with Gasteiger partial charge in [-0.25, -0.2) is 15.0 Å². The molecule has 19 heavy (non-hydrogen) atoms. The molecule has 0 saturated heterocycles. The highest BCUT2D eigenvalue weighted by atomic mass is 16.5. The number of amides is 1. The molecule has 1 amide bonds. The van der Waals surface area contributed by atoms with E-state index in [2.05, 4.69) is 20.3 Å². The van der Waals surface area contributed by atoms with Crippen LogP contribution in [0.25, 0.3) is 11.3 Å². The topological polar surface area (TPSA) is 77.0 Å². The molecule has 0 saturated carbocycles. The van der Waals surface area contributed by atoms with E-state index in [0.717, 1.165) is 11.3 Å². The molecule has 0 aliphatic carbocycles. The molecule has 1 aliphatic heterocycles. The number of fused-ring (bicyclic) bond motifs is 1. The standard InChI is InChI=1S/C13H12N4O2/c1-13(2)12(18)17-11-10(19-13)5-8(6-15-11)9-3-4-14-7-16-9/h3-7H,1-2H3,(H,15,17,18). The molecule has 1 N–H and O–H groups in total. The SMILES string of the molecule is CC1(C)Oc2cc(-c3ccncn3)cnc2NC1=O. The van der Waals surface area contributed by atoms with E-state index in [1.807, 2.05) is 6.07 Å². The number of nitrogens with one attached hydrogen (secondary N) is 1. The van der Waals surface area contributed by atoms with Gasteiger partial charge >= 0.3 is 0 Å². The Hall–Kier alpha value is -2.50. The van der Waals surface area contributed by atoms with E-state index in [1.54, 1.807) is 32.3 Å². The summed E-state index contributed by atoms with van der Waals surface area (Å²) in [4.78, 5) is 24.0. The Balaban J connectivity index is 2.04. The molecule has 3 heterocycles. The Kier molecular flexibility index (Phi) is 2.45. The van der Waals surface area contributed by atoms with Crippen LogP contribution in [0.3, 0.4) is 0 Å². The number of nitrogens with zero attached hydrogens (tertiary/aromatic N) is 3. The van der Waals surface area contributed by atoms with Crippen LogP contribution in [0, 0.1) is 0 Å². The molecule has 6 nitrogen and oxygen atoms in total. The number of hydrogen-bond acceptors (Lipinski definition) is 5. The quantitative estimate of drug-likeness (QED) is 0.839. The van der Waals surface area contributed by atoms with Gasteiger partial charge in [0, 0.05) is 18.0 Å². The number of carbonyl (C=O) groups excluding carboxylic acids is 1. The Labute approximate surface area is 109 Å². The molecular formula is C13H12N4O2. The summed E-state index contributed by atoms with van der Waals surface area (Å²) < 4.78 is 5.68. The predicted octanol–water partition coefficient (Wildman–Crippen LogP) is 1.65. The molecule has 0 spiro atoms. The zero-order chi connectivity index (χ0) is 13.5. The van der Waals surface area contributed by atoms with Crippen molar-refractivity contribution in [2.24, 2.45) is 0 Å². The molecule has 0 aromatic carbocycles. The Morgan fingerprint density at radius 3 is 2.89 bits per heavy atom. The maximum Gasteiger partial charge on any atom is 0.269 e. The average molecular weight is 256 g/mol. The van der Waals surface area contributed by atoms with Gasteiger partial charge in [-0.15, -0.1) is 0 Å². The Morgan fingerprint density at radius 2 is 2.16 bits per heavy atom. The first-order valence-electron chi connectivity index (χ1n) is 5.83. The molecule has 0 bridgehead atoms. The summed E-state index contributed by atoms with van der Waals surface area (Å²) in [5.74, 6) is 0.769. The fraction of sp³-hybridized carbons (Fsp3) is 0.231. The smallest absolute Gasteiger partial charge is 0.269 e. The van der Waals surface area contributed by atoms with Crippen molar-refractivity contribution >= 4 is 11.7 Å². The van der Waals surface area contributed by atoms with Crippen LogP contribution in [-0.2, 0) is 4.79 Å². The molecule has 6 heteroatoms. The van der Waals surface area contributed by atoms with Crippen LogP contribution in [0.2, 0.25) is 0 Å². The first-order valence-corrected chi connectivity index (χ1v) is 5.83. The van der Waals surface area contributed by atoms with Crippen molar-refractivity contribution in [1.82, 2.24) is 15.0 Å². The van der Waals surface area contributed by atoms with Crippen molar-refractivity contribution in [3.05, 3.63) is 30.9 Å². The highest BCUT2D eigenvalue weighted by molar-refractivity contribution is 5.99.